The highest BCUT2D eigenvalue weighted by Crippen LogP contribution is 2.28. The molecular weight excluding hydrogens is 273 g/mol. The number of nitrogens with two attached hydrogens (primary N) is 1. The first kappa shape index (κ1) is 14.0. The summed E-state index contributed by atoms with van der Waals surface area (Å²) in [7, 11) is 0. The summed E-state index contributed by atoms with van der Waals surface area (Å²) in [5, 5.41) is 3.68. The lowest BCUT2D eigenvalue weighted by Crippen LogP contribution is -2.17. The van der Waals surface area contributed by atoms with Crippen molar-refractivity contribution in [2.75, 3.05) is 5.73 Å². The Morgan fingerprint density at radius 2 is 1.95 bits per heavy atom. The first-order chi connectivity index (χ1) is 9.37. The van der Waals surface area contributed by atoms with Gasteiger partial charge in [0.2, 0.25) is 0 Å². The maximum atomic E-state index is 12.3. The number of aryl methyl sites for hydroxylation is 1. The number of nitrogens with zero attached hydrogens (tertiary/aromatic N) is 1. The molecule has 2 rings (SSSR count). The van der Waals surface area contributed by atoms with E-state index in [1.54, 1.807) is 13.0 Å². The topological polar surface area (TPSA) is 61.3 Å². The molecule has 1 heterocycles. The van der Waals surface area contributed by atoms with Crippen LogP contribution in [0.5, 0.6) is 5.75 Å². The predicted molar refractivity (Wildman–Crippen MR) is 67.7 cm³/mol. The Morgan fingerprint density at radius 3 is 2.55 bits per heavy atom. The minimum Gasteiger partial charge on any atom is -0.405 e. The highest BCUT2D eigenvalue weighted by molar-refractivity contribution is 5.75. The summed E-state index contributed by atoms with van der Waals surface area (Å²) in [6.07, 6.45) is -1.85. The molecule has 0 spiro atoms. The van der Waals surface area contributed by atoms with Crippen LogP contribution in [0.4, 0.5) is 18.9 Å². The molecule has 0 aliphatic rings. The minimum absolute atomic E-state index is 0.255. The van der Waals surface area contributed by atoms with E-state index in [-0.39, 0.29) is 11.3 Å². The second-order valence-corrected chi connectivity index (χ2v) is 3.96. The fourth-order valence-corrected chi connectivity index (χ4v) is 1.52. The Hall–Kier alpha value is -2.44. The van der Waals surface area contributed by atoms with Crippen LogP contribution in [0.25, 0.3) is 12.2 Å². The number of rotatable bonds is 3. The van der Waals surface area contributed by atoms with E-state index in [2.05, 4.69) is 9.89 Å². The van der Waals surface area contributed by atoms with Gasteiger partial charge in [0.05, 0.1) is 0 Å². The molecule has 0 saturated carbocycles. The minimum atomic E-state index is -4.74. The largest absolute Gasteiger partial charge is 0.573 e. The van der Waals surface area contributed by atoms with Gasteiger partial charge in [0.15, 0.2) is 5.76 Å². The van der Waals surface area contributed by atoms with E-state index < -0.39 is 6.36 Å². The smallest absolute Gasteiger partial charge is 0.405 e. The Balaban J connectivity index is 2.27. The fraction of sp³-hybridized carbons (Fsp3) is 0.154. The summed E-state index contributed by atoms with van der Waals surface area (Å²) in [6, 6.07) is 5.76. The number of hydrogen-bond acceptors (Lipinski definition) is 4. The van der Waals surface area contributed by atoms with Gasteiger partial charge in [-0.2, -0.15) is 0 Å². The van der Waals surface area contributed by atoms with E-state index >= 15 is 0 Å². The van der Waals surface area contributed by atoms with Crippen LogP contribution in [-0.4, -0.2) is 11.5 Å². The number of ether oxygens (including phenoxy) is 1. The Morgan fingerprint density at radius 1 is 1.25 bits per heavy atom. The summed E-state index contributed by atoms with van der Waals surface area (Å²) in [5.41, 5.74) is 6.64. The van der Waals surface area contributed by atoms with Crippen molar-refractivity contribution in [3.05, 3.63) is 41.3 Å². The molecule has 0 fully saturated rings. The Kier molecular flexibility index (Phi) is 3.69. The van der Waals surface area contributed by atoms with E-state index in [0.717, 1.165) is 0 Å². The highest BCUT2D eigenvalue weighted by atomic mass is 19.4. The van der Waals surface area contributed by atoms with Crippen LogP contribution in [0.15, 0.2) is 28.8 Å². The normalized spacial score (nSPS) is 12.0. The van der Waals surface area contributed by atoms with Crippen molar-refractivity contribution in [1.82, 2.24) is 5.16 Å². The molecule has 106 valence electrons. The van der Waals surface area contributed by atoms with Crippen LogP contribution >= 0.6 is 0 Å². The average Bonchev–Trinajstić information content (AvgIpc) is 2.67. The van der Waals surface area contributed by atoms with Gasteiger partial charge in [-0.25, -0.2) is 0 Å². The van der Waals surface area contributed by atoms with Gasteiger partial charge in [0.25, 0.3) is 0 Å². The molecule has 0 amide bonds. The van der Waals surface area contributed by atoms with E-state index in [0.29, 0.717) is 17.1 Å². The lowest BCUT2D eigenvalue weighted by molar-refractivity contribution is -0.274. The number of para-hydroxylation sites is 1. The zero-order valence-corrected chi connectivity index (χ0v) is 10.4. The van der Waals surface area contributed by atoms with Gasteiger partial charge in [-0.1, -0.05) is 23.4 Å². The van der Waals surface area contributed by atoms with Crippen molar-refractivity contribution in [2.45, 2.75) is 13.3 Å². The van der Waals surface area contributed by atoms with Crippen molar-refractivity contribution in [3.63, 3.8) is 0 Å². The van der Waals surface area contributed by atoms with E-state index in [1.165, 1.54) is 30.4 Å². The van der Waals surface area contributed by atoms with Crippen LogP contribution in [-0.2, 0) is 0 Å². The predicted octanol–water partition coefficient (Wildman–Crippen LogP) is 3.63. The summed E-state index contributed by atoms with van der Waals surface area (Å²) >= 11 is 0. The van der Waals surface area contributed by atoms with Crippen LogP contribution in [0, 0.1) is 6.92 Å². The summed E-state index contributed by atoms with van der Waals surface area (Å²) in [6.45, 7) is 1.64. The van der Waals surface area contributed by atoms with Crippen molar-refractivity contribution < 1.29 is 22.4 Å². The van der Waals surface area contributed by atoms with E-state index in [4.69, 9.17) is 10.3 Å². The standard InChI is InChI=1S/C13H11F3N2O2/c1-8-12(17)10(18-20-8)7-6-9-4-2-3-5-11(9)19-13(14,15)16/h2-7H,17H2,1H3. The monoisotopic (exact) mass is 284 g/mol. The molecule has 0 atom stereocenters. The molecule has 2 N–H and O–H groups in total. The molecule has 2 aromatic rings. The first-order valence-corrected chi connectivity index (χ1v) is 5.61. The molecule has 0 radical (unpaired) electrons. The zero-order chi connectivity index (χ0) is 14.8. The lowest BCUT2D eigenvalue weighted by atomic mass is 10.1. The number of nitrogen functional groups attached to an aromatic ring is 1. The van der Waals surface area contributed by atoms with Crippen molar-refractivity contribution in [2.24, 2.45) is 0 Å². The molecule has 0 saturated heterocycles. The summed E-state index contributed by atoms with van der Waals surface area (Å²) in [4.78, 5) is 0. The zero-order valence-electron chi connectivity index (χ0n) is 10.4. The molecule has 7 heteroatoms. The van der Waals surface area contributed by atoms with Gasteiger partial charge in [-0.15, -0.1) is 13.2 Å². The number of hydrogen-bond donors (Lipinski definition) is 1. The molecule has 1 aromatic carbocycles. The lowest BCUT2D eigenvalue weighted by Gasteiger charge is -2.10. The van der Waals surface area contributed by atoms with Crippen LogP contribution < -0.4 is 10.5 Å². The second-order valence-electron chi connectivity index (χ2n) is 3.96. The number of anilines is 1. The number of aromatic nitrogens is 1. The third-order valence-electron chi connectivity index (χ3n) is 2.50. The molecule has 0 aliphatic heterocycles. The molecule has 20 heavy (non-hydrogen) atoms. The Bertz CT molecular complexity index is 633. The van der Waals surface area contributed by atoms with Gasteiger partial charge >= 0.3 is 6.36 Å². The number of alkyl halides is 3. The van der Waals surface area contributed by atoms with Crippen molar-refractivity contribution in [3.8, 4) is 5.75 Å². The fourth-order valence-electron chi connectivity index (χ4n) is 1.52. The van der Waals surface area contributed by atoms with Crippen LogP contribution in [0.1, 0.15) is 17.0 Å². The third kappa shape index (κ3) is 3.31. The molecule has 0 unspecified atom stereocenters. The maximum absolute atomic E-state index is 12.3. The number of benzene rings is 1. The van der Waals surface area contributed by atoms with Gasteiger partial charge in [-0.3, -0.25) is 0 Å². The molecule has 0 bridgehead atoms. The average molecular weight is 284 g/mol. The maximum Gasteiger partial charge on any atom is 0.573 e. The van der Waals surface area contributed by atoms with Crippen molar-refractivity contribution in [1.29, 1.82) is 0 Å². The van der Waals surface area contributed by atoms with Crippen LogP contribution in [0.3, 0.4) is 0 Å². The summed E-state index contributed by atoms with van der Waals surface area (Å²) in [5.74, 6) is 0.152. The number of halogens is 3. The van der Waals surface area contributed by atoms with E-state index in [9.17, 15) is 13.2 Å². The third-order valence-corrected chi connectivity index (χ3v) is 2.50. The first-order valence-electron chi connectivity index (χ1n) is 5.61. The molecule has 0 aliphatic carbocycles. The summed E-state index contributed by atoms with van der Waals surface area (Å²) < 4.78 is 45.6. The van der Waals surface area contributed by atoms with Gasteiger partial charge in [0, 0.05) is 5.56 Å². The van der Waals surface area contributed by atoms with Gasteiger partial charge in [-0.05, 0) is 25.1 Å². The van der Waals surface area contributed by atoms with Gasteiger partial charge < -0.3 is 15.0 Å². The Labute approximate surface area is 112 Å². The highest BCUT2D eigenvalue weighted by Gasteiger charge is 2.31. The molecule has 4 nitrogen and oxygen atoms in total. The van der Waals surface area contributed by atoms with Crippen molar-refractivity contribution >= 4 is 17.8 Å². The van der Waals surface area contributed by atoms with Gasteiger partial charge in [0.1, 0.15) is 17.1 Å². The van der Waals surface area contributed by atoms with Crippen LogP contribution in [0.2, 0.25) is 0 Å². The SMILES string of the molecule is Cc1onc(C=Cc2ccccc2OC(F)(F)F)c1N. The second kappa shape index (κ2) is 5.28. The quantitative estimate of drug-likeness (QED) is 0.934. The molecular formula is C13H11F3N2O2. The van der Waals surface area contributed by atoms with E-state index in [1.807, 2.05) is 0 Å². The molecule has 1 aromatic heterocycles.